The normalized spacial score (nSPS) is 19.5. The van der Waals surface area contributed by atoms with E-state index in [0.717, 1.165) is 11.8 Å². The molecule has 0 saturated carbocycles. The first-order chi connectivity index (χ1) is 17.6. The van der Waals surface area contributed by atoms with E-state index >= 15 is 0 Å². The Balaban J connectivity index is 4.10. The standard InChI is InChI=1S/C25H35N3O8S2/c1-10-37-22(38-11-2)24(8,35-17(5)31)25(9,36-18(6)32)23(7,34-16(4)30)20-14-28(15(3)29)21(33-20)19(12-26)13-27/h20,22H,10-11,14H2,1-9H3/t20?,23-,24-,25-/m0/s1. The summed E-state index contributed by atoms with van der Waals surface area (Å²) < 4.78 is 23.3. The summed E-state index contributed by atoms with van der Waals surface area (Å²) in [6.07, 6.45) is -1.24. The highest BCUT2D eigenvalue weighted by Crippen LogP contribution is 2.52. The largest absolute Gasteiger partial charge is 0.468 e. The predicted octanol–water partition coefficient (Wildman–Crippen LogP) is 3.29. The average molecular weight is 570 g/mol. The minimum atomic E-state index is -1.90. The Morgan fingerprint density at radius 1 is 0.947 bits per heavy atom. The Morgan fingerprint density at radius 2 is 1.42 bits per heavy atom. The Labute approximate surface area is 232 Å². The maximum Gasteiger partial charge on any atom is 0.303 e. The molecule has 1 saturated heterocycles. The number of rotatable bonds is 11. The Hall–Kier alpha value is -2.90. The minimum absolute atomic E-state index is 0.249. The molecule has 13 heteroatoms. The smallest absolute Gasteiger partial charge is 0.303 e. The molecule has 0 aromatic rings. The minimum Gasteiger partial charge on any atom is -0.468 e. The van der Waals surface area contributed by atoms with Crippen molar-refractivity contribution >= 4 is 47.3 Å². The van der Waals surface area contributed by atoms with Crippen molar-refractivity contribution in [2.45, 2.75) is 89.8 Å². The average Bonchev–Trinajstić information content (AvgIpc) is 3.24. The number of hydrogen-bond acceptors (Lipinski definition) is 12. The zero-order valence-electron chi connectivity index (χ0n) is 23.2. The fraction of sp³-hybridized carbons (Fsp3) is 0.680. The van der Waals surface area contributed by atoms with Crippen LogP contribution in [0.1, 0.15) is 62.3 Å². The highest BCUT2D eigenvalue weighted by molar-refractivity contribution is 8.17. The van der Waals surface area contributed by atoms with Crippen LogP contribution >= 0.6 is 23.5 Å². The number of carbonyl (C=O) groups excluding carboxylic acids is 4. The predicted molar refractivity (Wildman–Crippen MR) is 141 cm³/mol. The molecule has 0 aliphatic carbocycles. The SMILES string of the molecule is CCSC(SCC)[C@](C)(OC(C)=O)[C@@](C)(OC(C)=O)[C@@](C)(OC(C)=O)C1CN(C(C)=O)C(=C(C#N)C#N)O1. The summed E-state index contributed by atoms with van der Waals surface area (Å²) >= 11 is 2.91. The number of nitrogens with zero attached hydrogens (tertiary/aromatic N) is 3. The van der Waals surface area contributed by atoms with Crippen LogP contribution in [0, 0.1) is 22.7 Å². The Kier molecular flexibility index (Phi) is 11.6. The van der Waals surface area contributed by atoms with E-state index in [4.69, 9.17) is 18.9 Å². The second-order valence-electron chi connectivity index (χ2n) is 8.91. The lowest BCUT2D eigenvalue weighted by Crippen LogP contribution is -2.74. The van der Waals surface area contributed by atoms with E-state index in [1.165, 1.54) is 58.1 Å². The molecular weight excluding hydrogens is 534 g/mol. The third-order valence-corrected chi connectivity index (χ3v) is 9.31. The number of nitriles is 2. The van der Waals surface area contributed by atoms with Crippen LogP contribution in [-0.4, -0.2) is 74.3 Å². The lowest BCUT2D eigenvalue weighted by Gasteiger charge is -2.55. The molecule has 0 radical (unpaired) electrons. The maximum absolute atomic E-state index is 12.6. The van der Waals surface area contributed by atoms with Crippen molar-refractivity contribution in [2.24, 2.45) is 0 Å². The van der Waals surface area contributed by atoms with Crippen LogP contribution < -0.4 is 0 Å². The van der Waals surface area contributed by atoms with Gasteiger partial charge in [0.15, 0.2) is 28.5 Å². The zero-order valence-corrected chi connectivity index (χ0v) is 24.8. The summed E-state index contributed by atoms with van der Waals surface area (Å²) in [4.78, 5) is 51.1. The lowest BCUT2D eigenvalue weighted by molar-refractivity contribution is -0.271. The molecule has 1 heterocycles. The summed E-state index contributed by atoms with van der Waals surface area (Å²) in [5.41, 5.74) is -5.88. The molecule has 1 rings (SSSR count). The van der Waals surface area contributed by atoms with Crippen LogP contribution in [-0.2, 0) is 38.1 Å². The number of carbonyl (C=O) groups is 4. The van der Waals surface area contributed by atoms with Crippen molar-refractivity contribution in [1.82, 2.24) is 4.90 Å². The van der Waals surface area contributed by atoms with E-state index in [0.29, 0.717) is 11.5 Å². The van der Waals surface area contributed by atoms with Gasteiger partial charge in [0, 0.05) is 27.7 Å². The van der Waals surface area contributed by atoms with Gasteiger partial charge >= 0.3 is 17.9 Å². The molecule has 0 spiro atoms. The fourth-order valence-corrected chi connectivity index (χ4v) is 7.44. The molecule has 0 N–H and O–H groups in total. The van der Waals surface area contributed by atoms with Gasteiger partial charge in [-0.1, -0.05) is 13.8 Å². The summed E-state index contributed by atoms with van der Waals surface area (Å²) in [7, 11) is 0. The fourth-order valence-electron chi connectivity index (χ4n) is 4.45. The van der Waals surface area contributed by atoms with Crippen LogP contribution in [0.2, 0.25) is 0 Å². The summed E-state index contributed by atoms with van der Waals surface area (Å²) in [6.45, 7) is 12.9. The molecule has 210 valence electrons. The van der Waals surface area contributed by atoms with Gasteiger partial charge < -0.3 is 18.9 Å². The number of hydrogen-bond donors (Lipinski definition) is 0. The lowest BCUT2D eigenvalue weighted by atomic mass is 9.70. The zero-order chi connectivity index (χ0) is 29.5. The van der Waals surface area contributed by atoms with Gasteiger partial charge in [0.05, 0.1) is 11.1 Å². The van der Waals surface area contributed by atoms with Gasteiger partial charge in [0.2, 0.25) is 11.8 Å². The van der Waals surface area contributed by atoms with Gasteiger partial charge in [-0.2, -0.15) is 10.5 Å². The molecule has 1 aliphatic rings. The monoisotopic (exact) mass is 569 g/mol. The van der Waals surface area contributed by atoms with Crippen LogP contribution in [0.15, 0.2) is 11.5 Å². The molecule has 0 aromatic carbocycles. The first-order valence-corrected chi connectivity index (χ1v) is 14.0. The highest BCUT2D eigenvalue weighted by Gasteiger charge is 2.70. The second kappa shape index (κ2) is 13.3. The summed E-state index contributed by atoms with van der Waals surface area (Å²) in [6, 6.07) is 3.40. The van der Waals surface area contributed by atoms with Gasteiger partial charge in [-0.25, -0.2) is 0 Å². The van der Waals surface area contributed by atoms with Crippen molar-refractivity contribution < 1.29 is 38.1 Å². The van der Waals surface area contributed by atoms with Crippen molar-refractivity contribution in [3.8, 4) is 12.1 Å². The van der Waals surface area contributed by atoms with E-state index < -0.39 is 56.9 Å². The van der Waals surface area contributed by atoms with Crippen molar-refractivity contribution in [2.75, 3.05) is 18.1 Å². The molecule has 0 bridgehead atoms. The third kappa shape index (κ3) is 6.56. The molecule has 0 aromatic heterocycles. The molecule has 1 aliphatic heterocycles. The van der Waals surface area contributed by atoms with Crippen LogP contribution in [0.5, 0.6) is 0 Å². The highest BCUT2D eigenvalue weighted by atomic mass is 32.2. The van der Waals surface area contributed by atoms with Crippen LogP contribution in [0.25, 0.3) is 0 Å². The van der Waals surface area contributed by atoms with Crippen molar-refractivity contribution in [3.05, 3.63) is 11.5 Å². The number of thioether (sulfide) groups is 2. The molecule has 11 nitrogen and oxygen atoms in total. The van der Waals surface area contributed by atoms with Crippen LogP contribution in [0.3, 0.4) is 0 Å². The number of amides is 1. The van der Waals surface area contributed by atoms with Gasteiger partial charge in [0.1, 0.15) is 12.1 Å². The molecule has 38 heavy (non-hydrogen) atoms. The number of ether oxygens (including phenoxy) is 4. The van der Waals surface area contributed by atoms with Crippen molar-refractivity contribution in [3.63, 3.8) is 0 Å². The van der Waals surface area contributed by atoms with E-state index in [9.17, 15) is 29.7 Å². The second-order valence-corrected chi connectivity index (χ2v) is 12.0. The molecule has 1 unspecified atom stereocenters. The van der Waals surface area contributed by atoms with Gasteiger partial charge in [-0.05, 0) is 32.3 Å². The van der Waals surface area contributed by atoms with Gasteiger partial charge in [0.25, 0.3) is 0 Å². The molecular formula is C25H35N3O8S2. The topological polar surface area (TPSA) is 156 Å². The molecule has 4 atom stereocenters. The van der Waals surface area contributed by atoms with Crippen LogP contribution in [0.4, 0.5) is 0 Å². The Bertz CT molecular complexity index is 1050. The summed E-state index contributed by atoms with van der Waals surface area (Å²) in [5, 5.41) is 18.9. The van der Waals surface area contributed by atoms with E-state index in [1.807, 2.05) is 13.8 Å². The van der Waals surface area contributed by atoms with E-state index in [-0.39, 0.29) is 12.4 Å². The molecule has 1 fully saturated rings. The van der Waals surface area contributed by atoms with Gasteiger partial charge in [-0.15, -0.1) is 23.5 Å². The maximum atomic E-state index is 12.6. The first-order valence-electron chi connectivity index (χ1n) is 11.9. The van der Waals surface area contributed by atoms with Gasteiger partial charge in [-0.3, -0.25) is 24.1 Å². The number of esters is 3. The number of allylic oxidation sites excluding steroid dienone is 1. The third-order valence-electron chi connectivity index (χ3n) is 6.32. The van der Waals surface area contributed by atoms with Crippen molar-refractivity contribution in [1.29, 1.82) is 10.5 Å². The molecule has 1 amide bonds. The van der Waals surface area contributed by atoms with E-state index in [1.54, 1.807) is 19.1 Å². The quantitative estimate of drug-likeness (QED) is 0.155. The van der Waals surface area contributed by atoms with E-state index in [2.05, 4.69) is 0 Å². The first kappa shape index (κ1) is 33.1. The summed E-state index contributed by atoms with van der Waals surface area (Å²) in [5.74, 6) is -1.79. The Morgan fingerprint density at radius 3 is 1.79 bits per heavy atom.